The zero-order valence-corrected chi connectivity index (χ0v) is 10.2. The van der Waals surface area contributed by atoms with Crippen LogP contribution in [0.15, 0.2) is 18.2 Å². The van der Waals surface area contributed by atoms with E-state index in [9.17, 15) is 4.79 Å². The van der Waals surface area contributed by atoms with E-state index in [-0.39, 0.29) is 6.61 Å². The Morgan fingerprint density at radius 2 is 2.17 bits per heavy atom. The van der Waals surface area contributed by atoms with E-state index in [1.165, 1.54) is 7.11 Å². The normalized spacial score (nSPS) is 10.1. The summed E-state index contributed by atoms with van der Waals surface area (Å²) in [6, 6.07) is 5.24. The Kier molecular flexibility index (Phi) is 5.96. The molecule has 0 atom stereocenters. The molecule has 0 aliphatic rings. The number of carbonyl (C=O) groups is 1. The van der Waals surface area contributed by atoms with Crippen molar-refractivity contribution < 1.29 is 24.5 Å². The molecule has 0 aliphatic heterocycles. The highest BCUT2D eigenvalue weighted by Crippen LogP contribution is 2.27. The van der Waals surface area contributed by atoms with E-state index in [0.717, 1.165) is 5.56 Å². The summed E-state index contributed by atoms with van der Waals surface area (Å²) in [5.74, 6) is -0.156. The number of carboxylic acids is 1. The van der Waals surface area contributed by atoms with Gasteiger partial charge in [0.15, 0.2) is 18.1 Å². The first-order chi connectivity index (χ1) is 8.67. The Labute approximate surface area is 105 Å². The number of aliphatic hydroxyl groups excluding tert-OH is 1. The van der Waals surface area contributed by atoms with Gasteiger partial charge in [-0.15, -0.1) is 0 Å². The molecular formula is C12H17NO5. The monoisotopic (exact) mass is 255 g/mol. The maximum atomic E-state index is 10.4. The summed E-state index contributed by atoms with van der Waals surface area (Å²) in [6.07, 6.45) is 0. The Balaban J connectivity index is 2.67. The van der Waals surface area contributed by atoms with Gasteiger partial charge in [-0.05, 0) is 17.7 Å². The van der Waals surface area contributed by atoms with Crippen LogP contribution in [0.2, 0.25) is 0 Å². The molecule has 1 rings (SSSR count). The molecular weight excluding hydrogens is 238 g/mol. The second kappa shape index (κ2) is 7.52. The number of nitrogens with one attached hydrogen (secondary N) is 1. The molecule has 0 bridgehead atoms. The molecule has 0 saturated heterocycles. The van der Waals surface area contributed by atoms with Crippen molar-refractivity contribution >= 4 is 5.97 Å². The number of ether oxygens (including phenoxy) is 2. The molecule has 0 saturated carbocycles. The lowest BCUT2D eigenvalue weighted by atomic mass is 10.2. The largest absolute Gasteiger partial charge is 0.493 e. The van der Waals surface area contributed by atoms with Crippen LogP contribution in [-0.4, -0.2) is 43.1 Å². The molecule has 1 aromatic rings. The van der Waals surface area contributed by atoms with Gasteiger partial charge < -0.3 is 25.0 Å². The summed E-state index contributed by atoms with van der Waals surface area (Å²) in [5.41, 5.74) is 0.961. The molecule has 18 heavy (non-hydrogen) atoms. The van der Waals surface area contributed by atoms with Gasteiger partial charge in [-0.3, -0.25) is 0 Å². The fourth-order valence-electron chi connectivity index (χ4n) is 1.39. The van der Waals surface area contributed by atoms with Crippen molar-refractivity contribution in [3.8, 4) is 11.5 Å². The number of rotatable bonds is 8. The molecule has 1 aromatic carbocycles. The smallest absolute Gasteiger partial charge is 0.341 e. The molecule has 0 aromatic heterocycles. The maximum absolute atomic E-state index is 10.4. The zero-order chi connectivity index (χ0) is 13.4. The van der Waals surface area contributed by atoms with Gasteiger partial charge in [-0.1, -0.05) is 6.07 Å². The van der Waals surface area contributed by atoms with Crippen LogP contribution in [0.3, 0.4) is 0 Å². The summed E-state index contributed by atoms with van der Waals surface area (Å²) < 4.78 is 10.2. The molecule has 0 unspecified atom stereocenters. The van der Waals surface area contributed by atoms with Gasteiger partial charge >= 0.3 is 5.97 Å². The minimum atomic E-state index is -1.04. The average molecular weight is 255 g/mol. The standard InChI is InChI=1S/C12H17NO5/c1-17-11-6-9(7-13-4-5-14)2-3-10(11)18-8-12(15)16/h2-3,6,13-14H,4-5,7-8H2,1H3,(H,15,16). The molecule has 3 N–H and O–H groups in total. The van der Waals surface area contributed by atoms with Crippen molar-refractivity contribution in [1.29, 1.82) is 0 Å². The van der Waals surface area contributed by atoms with Crippen LogP contribution in [0.25, 0.3) is 0 Å². The molecule has 6 heteroatoms. The number of benzene rings is 1. The highest BCUT2D eigenvalue weighted by Gasteiger charge is 2.07. The average Bonchev–Trinajstić information content (AvgIpc) is 2.37. The summed E-state index contributed by atoms with van der Waals surface area (Å²) in [7, 11) is 1.49. The Hall–Kier alpha value is -1.79. The number of aliphatic carboxylic acids is 1. The Bertz CT molecular complexity index is 394. The van der Waals surface area contributed by atoms with E-state index in [0.29, 0.717) is 24.6 Å². The van der Waals surface area contributed by atoms with E-state index in [1.54, 1.807) is 12.1 Å². The van der Waals surface area contributed by atoms with E-state index < -0.39 is 12.6 Å². The summed E-state index contributed by atoms with van der Waals surface area (Å²) in [6.45, 7) is 0.783. The van der Waals surface area contributed by atoms with E-state index in [2.05, 4.69) is 5.32 Å². The second-order valence-corrected chi connectivity index (χ2v) is 3.57. The topological polar surface area (TPSA) is 88.0 Å². The third kappa shape index (κ3) is 4.60. The van der Waals surface area contributed by atoms with Gasteiger partial charge in [0, 0.05) is 13.1 Å². The van der Waals surface area contributed by atoms with Crippen LogP contribution in [0.4, 0.5) is 0 Å². The maximum Gasteiger partial charge on any atom is 0.341 e. The van der Waals surface area contributed by atoms with Gasteiger partial charge in [0.1, 0.15) is 0 Å². The molecule has 100 valence electrons. The third-order valence-electron chi connectivity index (χ3n) is 2.20. The predicted molar refractivity (Wildman–Crippen MR) is 64.9 cm³/mol. The summed E-state index contributed by atoms with van der Waals surface area (Å²) >= 11 is 0. The van der Waals surface area contributed by atoms with E-state index >= 15 is 0 Å². The first kappa shape index (κ1) is 14.3. The zero-order valence-electron chi connectivity index (χ0n) is 10.2. The van der Waals surface area contributed by atoms with Gasteiger partial charge in [-0.25, -0.2) is 4.79 Å². The molecule has 0 aliphatic carbocycles. The van der Waals surface area contributed by atoms with Crippen LogP contribution in [0.5, 0.6) is 11.5 Å². The van der Waals surface area contributed by atoms with Crippen LogP contribution in [0.1, 0.15) is 5.56 Å². The van der Waals surface area contributed by atoms with Gasteiger partial charge in [-0.2, -0.15) is 0 Å². The lowest BCUT2D eigenvalue weighted by Gasteiger charge is -2.11. The number of hydrogen-bond donors (Lipinski definition) is 3. The minimum absolute atomic E-state index is 0.0803. The number of methoxy groups -OCH3 is 1. The van der Waals surface area contributed by atoms with Crippen molar-refractivity contribution in [2.24, 2.45) is 0 Å². The van der Waals surface area contributed by atoms with E-state index in [1.807, 2.05) is 6.07 Å². The van der Waals surface area contributed by atoms with Crippen LogP contribution < -0.4 is 14.8 Å². The van der Waals surface area contributed by atoms with Gasteiger partial charge in [0.2, 0.25) is 0 Å². The fraction of sp³-hybridized carbons (Fsp3) is 0.417. The Morgan fingerprint density at radius 3 is 2.78 bits per heavy atom. The molecule has 0 amide bonds. The lowest BCUT2D eigenvalue weighted by Crippen LogP contribution is -2.17. The van der Waals surface area contributed by atoms with Gasteiger partial charge in [0.05, 0.1) is 13.7 Å². The summed E-state index contributed by atoms with van der Waals surface area (Å²) in [5, 5.41) is 20.2. The minimum Gasteiger partial charge on any atom is -0.493 e. The quantitative estimate of drug-likeness (QED) is 0.577. The molecule has 0 radical (unpaired) electrons. The van der Waals surface area contributed by atoms with Crippen molar-refractivity contribution in [1.82, 2.24) is 5.32 Å². The second-order valence-electron chi connectivity index (χ2n) is 3.57. The van der Waals surface area contributed by atoms with Crippen molar-refractivity contribution in [3.63, 3.8) is 0 Å². The number of aliphatic hydroxyl groups is 1. The molecule has 0 spiro atoms. The third-order valence-corrected chi connectivity index (χ3v) is 2.20. The van der Waals surface area contributed by atoms with Crippen LogP contribution >= 0.6 is 0 Å². The lowest BCUT2D eigenvalue weighted by molar-refractivity contribution is -0.139. The highest BCUT2D eigenvalue weighted by atomic mass is 16.5. The molecule has 0 heterocycles. The predicted octanol–water partition coefficient (Wildman–Crippen LogP) is 0.240. The van der Waals surface area contributed by atoms with Crippen LogP contribution in [0, 0.1) is 0 Å². The Morgan fingerprint density at radius 1 is 1.39 bits per heavy atom. The first-order valence-electron chi connectivity index (χ1n) is 5.50. The van der Waals surface area contributed by atoms with Crippen molar-refractivity contribution in [3.05, 3.63) is 23.8 Å². The van der Waals surface area contributed by atoms with E-state index in [4.69, 9.17) is 19.7 Å². The SMILES string of the molecule is COc1cc(CNCCO)ccc1OCC(=O)O. The van der Waals surface area contributed by atoms with Crippen LogP contribution in [-0.2, 0) is 11.3 Å². The first-order valence-corrected chi connectivity index (χ1v) is 5.50. The highest BCUT2D eigenvalue weighted by molar-refractivity contribution is 5.68. The van der Waals surface area contributed by atoms with Gasteiger partial charge in [0.25, 0.3) is 0 Å². The molecule has 0 fully saturated rings. The summed E-state index contributed by atoms with van der Waals surface area (Å²) in [4.78, 5) is 10.4. The fourth-order valence-corrected chi connectivity index (χ4v) is 1.39. The molecule has 6 nitrogen and oxygen atoms in total. The van der Waals surface area contributed by atoms with Crippen molar-refractivity contribution in [2.45, 2.75) is 6.54 Å². The van der Waals surface area contributed by atoms with Crippen molar-refractivity contribution in [2.75, 3.05) is 26.9 Å². The number of carboxylic acid groups (broad SMARTS) is 1. The number of hydrogen-bond acceptors (Lipinski definition) is 5.